The molecular weight excluding hydrogens is 240 g/mol. The van der Waals surface area contributed by atoms with Gasteiger partial charge in [0.15, 0.2) is 0 Å². The van der Waals surface area contributed by atoms with Crippen molar-refractivity contribution >= 4 is 5.78 Å². The first-order chi connectivity index (χ1) is 8.67. The number of ketones is 1. The van der Waals surface area contributed by atoms with E-state index in [2.05, 4.69) is 0 Å². The zero-order valence-corrected chi connectivity index (χ0v) is 12.9. The van der Waals surface area contributed by atoms with Crippen LogP contribution >= 0.6 is 0 Å². The molecule has 112 valence electrons. The predicted molar refractivity (Wildman–Crippen MR) is 76.9 cm³/mol. The lowest BCUT2D eigenvalue weighted by Gasteiger charge is -2.35. The zero-order chi connectivity index (χ0) is 14.7. The fraction of sp³-hybridized carbons (Fsp3) is 0.938. The van der Waals surface area contributed by atoms with Crippen molar-refractivity contribution in [1.82, 2.24) is 0 Å². The molecular formula is C16H30O3. The summed E-state index contributed by atoms with van der Waals surface area (Å²) in [5.41, 5.74) is -0.713. The Kier molecular flexibility index (Phi) is 5.57. The highest BCUT2D eigenvalue weighted by molar-refractivity contribution is 5.89. The lowest BCUT2D eigenvalue weighted by Crippen LogP contribution is -2.38. The molecule has 0 saturated heterocycles. The van der Waals surface area contributed by atoms with Crippen molar-refractivity contribution in [3.05, 3.63) is 0 Å². The molecule has 0 heterocycles. The van der Waals surface area contributed by atoms with E-state index >= 15 is 0 Å². The summed E-state index contributed by atoms with van der Waals surface area (Å²) in [4.78, 5) is 12.6. The average molecular weight is 270 g/mol. The number of hydrogen-bond donors (Lipinski definition) is 2. The van der Waals surface area contributed by atoms with E-state index in [0.29, 0.717) is 19.3 Å². The van der Waals surface area contributed by atoms with Crippen molar-refractivity contribution in [2.45, 2.75) is 84.8 Å². The van der Waals surface area contributed by atoms with Crippen LogP contribution in [0.1, 0.15) is 72.6 Å². The number of carbonyl (C=O) groups excluding carboxylic acids is 1. The van der Waals surface area contributed by atoms with E-state index in [0.717, 1.165) is 25.7 Å². The Morgan fingerprint density at radius 1 is 0.842 bits per heavy atom. The first kappa shape index (κ1) is 16.6. The van der Waals surface area contributed by atoms with Crippen LogP contribution in [-0.2, 0) is 4.79 Å². The van der Waals surface area contributed by atoms with Gasteiger partial charge in [-0.05, 0) is 25.7 Å². The standard InChI is InChI=1S/C16H30O3/c1-15(2)10-7-5-6-8-12(17)13(18)9-11-16(3,4)14(15)19/h12-13,17-18H,5-11H2,1-4H3. The molecule has 0 aliphatic heterocycles. The van der Waals surface area contributed by atoms with E-state index in [1.54, 1.807) is 0 Å². The molecule has 1 saturated carbocycles. The third-order valence-corrected chi connectivity index (χ3v) is 4.54. The molecule has 2 atom stereocenters. The van der Waals surface area contributed by atoms with Crippen LogP contribution in [0.15, 0.2) is 0 Å². The maximum atomic E-state index is 12.6. The fourth-order valence-electron chi connectivity index (χ4n) is 3.13. The third-order valence-electron chi connectivity index (χ3n) is 4.54. The summed E-state index contributed by atoms with van der Waals surface area (Å²) in [5, 5.41) is 19.8. The fourth-order valence-corrected chi connectivity index (χ4v) is 3.13. The molecule has 0 aromatic rings. The topological polar surface area (TPSA) is 57.5 Å². The molecule has 3 heteroatoms. The smallest absolute Gasteiger partial charge is 0.144 e. The van der Waals surface area contributed by atoms with E-state index in [1.165, 1.54) is 0 Å². The maximum absolute atomic E-state index is 12.6. The molecule has 0 bridgehead atoms. The zero-order valence-electron chi connectivity index (χ0n) is 12.9. The molecule has 1 aliphatic carbocycles. The van der Waals surface area contributed by atoms with Gasteiger partial charge < -0.3 is 10.2 Å². The van der Waals surface area contributed by atoms with Crippen LogP contribution in [0.5, 0.6) is 0 Å². The van der Waals surface area contributed by atoms with E-state index in [9.17, 15) is 15.0 Å². The Labute approximate surface area is 117 Å². The van der Waals surface area contributed by atoms with Gasteiger partial charge in [-0.25, -0.2) is 0 Å². The average Bonchev–Trinajstić information content (AvgIpc) is 2.33. The number of Topliss-reactive ketones (excluding diaryl/α,β-unsaturated/α-hetero) is 1. The number of carbonyl (C=O) groups is 1. The van der Waals surface area contributed by atoms with Crippen LogP contribution in [0, 0.1) is 10.8 Å². The number of rotatable bonds is 0. The summed E-state index contributed by atoms with van der Waals surface area (Å²) in [7, 11) is 0. The van der Waals surface area contributed by atoms with Crippen LogP contribution in [-0.4, -0.2) is 28.2 Å². The number of aliphatic hydroxyl groups is 2. The Hall–Kier alpha value is -0.410. The van der Waals surface area contributed by atoms with Gasteiger partial charge in [-0.1, -0.05) is 47.0 Å². The van der Waals surface area contributed by atoms with Gasteiger partial charge in [0.1, 0.15) is 5.78 Å². The largest absolute Gasteiger partial charge is 0.390 e. The third kappa shape index (κ3) is 4.57. The minimum atomic E-state index is -0.699. The summed E-state index contributed by atoms with van der Waals surface area (Å²) in [5.74, 6) is 0.280. The van der Waals surface area contributed by atoms with Crippen molar-refractivity contribution in [3.63, 3.8) is 0 Å². The minimum Gasteiger partial charge on any atom is -0.390 e. The number of aliphatic hydroxyl groups excluding tert-OH is 2. The molecule has 0 radical (unpaired) electrons. The first-order valence-corrected chi connectivity index (χ1v) is 7.58. The summed E-state index contributed by atoms with van der Waals surface area (Å²) in [6.07, 6.45) is 4.31. The summed E-state index contributed by atoms with van der Waals surface area (Å²) in [6.45, 7) is 7.99. The van der Waals surface area contributed by atoms with Crippen molar-refractivity contribution in [2.75, 3.05) is 0 Å². The van der Waals surface area contributed by atoms with Gasteiger partial charge in [0.2, 0.25) is 0 Å². The molecule has 19 heavy (non-hydrogen) atoms. The van der Waals surface area contributed by atoms with Crippen molar-refractivity contribution < 1.29 is 15.0 Å². The highest BCUT2D eigenvalue weighted by Gasteiger charge is 2.39. The van der Waals surface area contributed by atoms with Crippen molar-refractivity contribution in [3.8, 4) is 0 Å². The molecule has 3 nitrogen and oxygen atoms in total. The Morgan fingerprint density at radius 3 is 2.00 bits per heavy atom. The summed E-state index contributed by atoms with van der Waals surface area (Å²) in [6, 6.07) is 0. The van der Waals surface area contributed by atoms with E-state index in [-0.39, 0.29) is 11.2 Å². The van der Waals surface area contributed by atoms with Crippen LogP contribution in [0.3, 0.4) is 0 Å². The van der Waals surface area contributed by atoms with Crippen LogP contribution in [0.2, 0.25) is 0 Å². The van der Waals surface area contributed by atoms with Gasteiger partial charge in [-0.15, -0.1) is 0 Å². The lowest BCUT2D eigenvalue weighted by atomic mass is 9.69. The van der Waals surface area contributed by atoms with E-state index in [1.807, 2.05) is 27.7 Å². The highest BCUT2D eigenvalue weighted by atomic mass is 16.3. The summed E-state index contributed by atoms with van der Waals surface area (Å²) >= 11 is 0. The molecule has 1 rings (SSSR count). The molecule has 0 amide bonds. The van der Waals surface area contributed by atoms with E-state index < -0.39 is 17.6 Å². The quantitative estimate of drug-likeness (QED) is 0.711. The monoisotopic (exact) mass is 270 g/mol. The van der Waals surface area contributed by atoms with Crippen molar-refractivity contribution in [1.29, 1.82) is 0 Å². The second-order valence-electron chi connectivity index (χ2n) is 7.37. The number of hydrogen-bond acceptors (Lipinski definition) is 3. The van der Waals surface area contributed by atoms with Gasteiger partial charge >= 0.3 is 0 Å². The summed E-state index contributed by atoms with van der Waals surface area (Å²) < 4.78 is 0. The van der Waals surface area contributed by atoms with Gasteiger partial charge in [0.05, 0.1) is 12.2 Å². The van der Waals surface area contributed by atoms with Gasteiger partial charge in [-0.2, -0.15) is 0 Å². The Bertz CT molecular complexity index is 307. The van der Waals surface area contributed by atoms with Gasteiger partial charge in [0, 0.05) is 10.8 Å². The van der Waals surface area contributed by atoms with E-state index in [4.69, 9.17) is 0 Å². The molecule has 0 aromatic heterocycles. The molecule has 2 N–H and O–H groups in total. The SMILES string of the molecule is CC1(C)CCCCCC(O)C(O)CCC(C)(C)C1=O. The second kappa shape index (κ2) is 6.36. The Balaban J connectivity index is 2.82. The maximum Gasteiger partial charge on any atom is 0.144 e. The van der Waals surface area contributed by atoms with Crippen LogP contribution in [0.25, 0.3) is 0 Å². The normalized spacial score (nSPS) is 33.3. The highest BCUT2D eigenvalue weighted by Crippen LogP contribution is 2.37. The Morgan fingerprint density at radius 2 is 1.37 bits per heavy atom. The van der Waals surface area contributed by atoms with Gasteiger partial charge in [-0.3, -0.25) is 4.79 Å². The van der Waals surface area contributed by atoms with Crippen LogP contribution < -0.4 is 0 Å². The molecule has 0 spiro atoms. The van der Waals surface area contributed by atoms with Crippen molar-refractivity contribution in [2.24, 2.45) is 10.8 Å². The minimum absolute atomic E-state index is 0.280. The van der Waals surface area contributed by atoms with Crippen LogP contribution in [0.4, 0.5) is 0 Å². The van der Waals surface area contributed by atoms with Gasteiger partial charge in [0.25, 0.3) is 0 Å². The second-order valence-corrected chi connectivity index (χ2v) is 7.37. The molecule has 2 unspecified atom stereocenters. The molecule has 1 aliphatic rings. The predicted octanol–water partition coefficient (Wildman–Crippen LogP) is 3.07. The first-order valence-electron chi connectivity index (χ1n) is 7.58. The molecule has 1 fully saturated rings. The molecule has 0 aromatic carbocycles. The lowest BCUT2D eigenvalue weighted by molar-refractivity contribution is -0.137.